The minimum atomic E-state index is -1.34. The van der Waals surface area contributed by atoms with Crippen molar-refractivity contribution in [2.45, 2.75) is 13.3 Å². The van der Waals surface area contributed by atoms with Crippen LogP contribution in [0.15, 0.2) is 12.1 Å². The average molecular weight is 210 g/mol. The average Bonchev–Trinajstić information content (AvgIpc) is 2.17. The smallest absolute Gasteiger partial charge is 0.339 e. The van der Waals surface area contributed by atoms with Crippen LogP contribution < -0.4 is 0 Å². The summed E-state index contributed by atoms with van der Waals surface area (Å²) in [5.41, 5.74) is -0.207. The fourth-order valence-corrected chi connectivity index (χ4v) is 1.22. The van der Waals surface area contributed by atoms with Gasteiger partial charge in [-0.2, -0.15) is 0 Å². The van der Waals surface area contributed by atoms with Gasteiger partial charge < -0.3 is 15.3 Å². The Morgan fingerprint density at radius 1 is 1.13 bits per heavy atom. The molecule has 0 unspecified atom stereocenters. The number of phenols is 1. The third-order valence-corrected chi connectivity index (χ3v) is 2.04. The highest BCUT2D eigenvalue weighted by Crippen LogP contribution is 2.25. The number of aromatic carboxylic acids is 2. The molecule has 0 aliphatic carbocycles. The summed E-state index contributed by atoms with van der Waals surface area (Å²) < 4.78 is 0. The first-order valence-corrected chi connectivity index (χ1v) is 4.29. The Hall–Kier alpha value is -2.04. The zero-order valence-corrected chi connectivity index (χ0v) is 8.02. The number of rotatable bonds is 3. The summed E-state index contributed by atoms with van der Waals surface area (Å²) in [5, 5.41) is 26.9. The van der Waals surface area contributed by atoms with E-state index < -0.39 is 17.7 Å². The van der Waals surface area contributed by atoms with Gasteiger partial charge in [0, 0.05) is 0 Å². The maximum absolute atomic E-state index is 10.7. The van der Waals surface area contributed by atoms with Crippen molar-refractivity contribution in [2.75, 3.05) is 0 Å². The Balaban J connectivity index is 3.47. The summed E-state index contributed by atoms with van der Waals surface area (Å²) >= 11 is 0. The Labute approximate surface area is 85.6 Å². The molecule has 0 bridgehead atoms. The maximum atomic E-state index is 10.7. The first kappa shape index (κ1) is 11.0. The molecule has 0 aliphatic rings. The van der Waals surface area contributed by atoms with Crippen LogP contribution >= 0.6 is 0 Å². The lowest BCUT2D eigenvalue weighted by Crippen LogP contribution is -2.05. The highest BCUT2D eigenvalue weighted by atomic mass is 16.4. The van der Waals surface area contributed by atoms with E-state index in [9.17, 15) is 14.7 Å². The van der Waals surface area contributed by atoms with Crippen LogP contribution in [0, 0.1) is 0 Å². The molecule has 80 valence electrons. The fraction of sp³-hybridized carbons (Fsp3) is 0.200. The molecule has 1 aromatic carbocycles. The molecule has 15 heavy (non-hydrogen) atoms. The van der Waals surface area contributed by atoms with Crippen LogP contribution in [0.25, 0.3) is 0 Å². The Bertz CT molecular complexity index is 387. The molecule has 3 N–H and O–H groups in total. The zero-order chi connectivity index (χ0) is 11.6. The lowest BCUT2D eigenvalue weighted by molar-refractivity contribution is 0.0691. The summed E-state index contributed by atoms with van der Waals surface area (Å²) in [4.78, 5) is 21.4. The monoisotopic (exact) mass is 210 g/mol. The molecule has 0 heterocycles. The number of carboxylic acid groups (broad SMARTS) is 2. The molecule has 5 heteroatoms. The topological polar surface area (TPSA) is 94.8 Å². The van der Waals surface area contributed by atoms with Gasteiger partial charge in [-0.15, -0.1) is 0 Å². The molecule has 1 rings (SSSR count). The third kappa shape index (κ3) is 2.07. The summed E-state index contributed by atoms with van der Waals surface area (Å²) in [7, 11) is 0. The Kier molecular flexibility index (Phi) is 2.94. The standard InChI is InChI=1S/C10H10O5/c1-2-5-3-6(9(12)13)8(11)7(4-5)10(14)15/h3-4,11H,2H2,1H3,(H,12,13)(H,14,15). The predicted octanol–water partition coefficient (Wildman–Crippen LogP) is 1.35. The van der Waals surface area contributed by atoms with Gasteiger partial charge >= 0.3 is 11.9 Å². The lowest BCUT2D eigenvalue weighted by atomic mass is 10.0. The number of hydrogen-bond donors (Lipinski definition) is 3. The second kappa shape index (κ2) is 4.00. The van der Waals surface area contributed by atoms with Crippen LogP contribution in [0.3, 0.4) is 0 Å². The largest absolute Gasteiger partial charge is 0.506 e. The van der Waals surface area contributed by atoms with Gasteiger partial charge in [-0.1, -0.05) is 6.92 Å². The van der Waals surface area contributed by atoms with E-state index in [0.29, 0.717) is 12.0 Å². The van der Waals surface area contributed by atoms with Gasteiger partial charge in [0.05, 0.1) is 0 Å². The molecule has 0 aromatic heterocycles. The highest BCUT2D eigenvalue weighted by molar-refractivity contribution is 5.98. The fourth-order valence-electron chi connectivity index (χ4n) is 1.22. The SMILES string of the molecule is CCc1cc(C(=O)O)c(O)c(C(=O)O)c1. The quantitative estimate of drug-likeness (QED) is 0.699. The minimum absolute atomic E-state index is 0.383. The molecule has 0 radical (unpaired) electrons. The summed E-state index contributed by atoms with van der Waals surface area (Å²) in [6.45, 7) is 1.77. The van der Waals surface area contributed by atoms with Crippen molar-refractivity contribution in [3.63, 3.8) is 0 Å². The lowest BCUT2D eigenvalue weighted by Gasteiger charge is -2.06. The van der Waals surface area contributed by atoms with Gasteiger partial charge in [0.1, 0.15) is 16.9 Å². The molecule has 0 fully saturated rings. The first-order chi connectivity index (χ1) is 6.97. The van der Waals surface area contributed by atoms with Crippen LogP contribution in [0.2, 0.25) is 0 Å². The second-order valence-electron chi connectivity index (χ2n) is 3.00. The van der Waals surface area contributed by atoms with E-state index in [4.69, 9.17) is 10.2 Å². The zero-order valence-electron chi connectivity index (χ0n) is 8.02. The number of benzene rings is 1. The normalized spacial score (nSPS) is 9.93. The van der Waals surface area contributed by atoms with Crippen molar-refractivity contribution in [1.82, 2.24) is 0 Å². The summed E-state index contributed by atoms with van der Waals surface area (Å²) in [5.74, 6) is -3.39. The molecule has 1 aromatic rings. The van der Waals surface area contributed by atoms with Crippen molar-refractivity contribution >= 4 is 11.9 Å². The molecule has 0 aliphatic heterocycles. The highest BCUT2D eigenvalue weighted by Gasteiger charge is 2.18. The maximum Gasteiger partial charge on any atom is 0.339 e. The van der Waals surface area contributed by atoms with E-state index in [0.717, 1.165) is 0 Å². The summed E-state index contributed by atoms with van der Waals surface area (Å²) in [6, 6.07) is 2.54. The minimum Gasteiger partial charge on any atom is -0.506 e. The predicted molar refractivity (Wildman–Crippen MR) is 51.4 cm³/mol. The molecular weight excluding hydrogens is 200 g/mol. The number of carboxylic acids is 2. The van der Waals surface area contributed by atoms with E-state index in [2.05, 4.69) is 0 Å². The van der Waals surface area contributed by atoms with E-state index in [-0.39, 0.29) is 11.1 Å². The van der Waals surface area contributed by atoms with E-state index >= 15 is 0 Å². The Morgan fingerprint density at radius 2 is 1.53 bits per heavy atom. The van der Waals surface area contributed by atoms with Crippen molar-refractivity contribution in [3.05, 3.63) is 28.8 Å². The first-order valence-electron chi connectivity index (χ1n) is 4.29. The van der Waals surface area contributed by atoms with Gasteiger partial charge in [-0.05, 0) is 24.1 Å². The van der Waals surface area contributed by atoms with Gasteiger partial charge in [0.15, 0.2) is 0 Å². The van der Waals surface area contributed by atoms with Crippen molar-refractivity contribution < 1.29 is 24.9 Å². The molecular formula is C10H10O5. The van der Waals surface area contributed by atoms with Gasteiger partial charge in [-0.25, -0.2) is 9.59 Å². The number of aryl methyl sites for hydroxylation is 1. The molecule has 0 atom stereocenters. The third-order valence-electron chi connectivity index (χ3n) is 2.04. The second-order valence-corrected chi connectivity index (χ2v) is 3.00. The molecule has 0 amide bonds. The van der Waals surface area contributed by atoms with Crippen molar-refractivity contribution in [3.8, 4) is 5.75 Å². The molecule has 0 spiro atoms. The van der Waals surface area contributed by atoms with E-state index in [1.54, 1.807) is 6.92 Å². The van der Waals surface area contributed by atoms with Crippen molar-refractivity contribution in [1.29, 1.82) is 0 Å². The number of hydrogen-bond acceptors (Lipinski definition) is 3. The van der Waals surface area contributed by atoms with Crippen LogP contribution in [-0.4, -0.2) is 27.3 Å². The number of carbonyl (C=O) groups is 2. The van der Waals surface area contributed by atoms with E-state index in [1.807, 2.05) is 0 Å². The van der Waals surface area contributed by atoms with Crippen LogP contribution in [0.4, 0.5) is 0 Å². The molecule has 5 nitrogen and oxygen atoms in total. The van der Waals surface area contributed by atoms with Crippen LogP contribution in [0.1, 0.15) is 33.2 Å². The van der Waals surface area contributed by atoms with Gasteiger partial charge in [-0.3, -0.25) is 0 Å². The van der Waals surface area contributed by atoms with E-state index in [1.165, 1.54) is 12.1 Å². The van der Waals surface area contributed by atoms with Crippen LogP contribution in [-0.2, 0) is 6.42 Å². The Morgan fingerprint density at radius 3 is 1.80 bits per heavy atom. The molecule has 0 saturated carbocycles. The van der Waals surface area contributed by atoms with Gasteiger partial charge in [0.25, 0.3) is 0 Å². The van der Waals surface area contributed by atoms with Crippen molar-refractivity contribution in [2.24, 2.45) is 0 Å². The van der Waals surface area contributed by atoms with Crippen LogP contribution in [0.5, 0.6) is 5.75 Å². The molecule has 0 saturated heterocycles. The summed E-state index contributed by atoms with van der Waals surface area (Å²) in [6.07, 6.45) is 0.501. The van der Waals surface area contributed by atoms with Gasteiger partial charge in [0.2, 0.25) is 0 Å². The number of aromatic hydroxyl groups is 1.